The number of nitrogens with one attached hydrogen (secondary N) is 1. The van der Waals surface area contributed by atoms with E-state index in [4.69, 9.17) is 0 Å². The van der Waals surface area contributed by atoms with Crippen LogP contribution in [0.4, 0.5) is 0 Å². The van der Waals surface area contributed by atoms with E-state index in [1.807, 2.05) is 4.90 Å². The highest BCUT2D eigenvalue weighted by Crippen LogP contribution is 2.59. The molecule has 0 bridgehead atoms. The number of likely N-dealkylation sites (tertiary alicyclic amines) is 1. The van der Waals surface area contributed by atoms with Crippen molar-refractivity contribution in [3.05, 3.63) is 35.4 Å². The Morgan fingerprint density at radius 2 is 1.86 bits per heavy atom. The maximum atomic E-state index is 12.9. The molecule has 1 N–H and O–H groups in total. The van der Waals surface area contributed by atoms with E-state index in [1.165, 1.54) is 17.5 Å². The van der Waals surface area contributed by atoms with Gasteiger partial charge in [-0.3, -0.25) is 14.4 Å². The molecule has 4 fully saturated rings. The number of hydrogen-bond donors (Lipinski definition) is 1. The maximum absolute atomic E-state index is 12.9. The second kappa shape index (κ2) is 5.91. The van der Waals surface area contributed by atoms with Crippen LogP contribution in [0.25, 0.3) is 0 Å². The van der Waals surface area contributed by atoms with Gasteiger partial charge in [0.25, 0.3) is 5.91 Å². The Bertz CT molecular complexity index is 835. The van der Waals surface area contributed by atoms with Gasteiger partial charge in [0.1, 0.15) is 0 Å². The van der Waals surface area contributed by atoms with Crippen LogP contribution in [0.1, 0.15) is 63.0 Å². The number of rotatable bonds is 3. The van der Waals surface area contributed by atoms with Crippen molar-refractivity contribution in [2.75, 3.05) is 13.1 Å². The third-order valence-corrected chi connectivity index (χ3v) is 7.72. The minimum atomic E-state index is -0.477. The van der Waals surface area contributed by atoms with Gasteiger partial charge in [0.2, 0.25) is 11.7 Å². The first-order valence-electron chi connectivity index (χ1n) is 10.6. The van der Waals surface area contributed by atoms with E-state index >= 15 is 0 Å². The van der Waals surface area contributed by atoms with Crippen molar-refractivity contribution in [3.8, 4) is 0 Å². The van der Waals surface area contributed by atoms with E-state index in [1.54, 1.807) is 0 Å². The molecular formula is C23H28N2O3. The molecule has 2 saturated carbocycles. The summed E-state index contributed by atoms with van der Waals surface area (Å²) in [5.74, 6) is 0.478. The highest BCUT2D eigenvalue weighted by molar-refractivity contribution is 6.38. The standard InChI is InChI=1S/C23H28N2O3/c1-14(2)15-3-5-17(6-4-15)23-7-8-25(13-18(23)11-23)21(28)16-9-22(10-16)12-19(26)20(27)24-22/h3-6,14,16,18H,7-13H2,1-2H3,(H,24,27). The predicted octanol–water partition coefficient (Wildman–Crippen LogP) is 2.54. The van der Waals surface area contributed by atoms with E-state index in [2.05, 4.69) is 43.4 Å². The minimum absolute atomic E-state index is 0.0391. The molecular weight excluding hydrogens is 352 g/mol. The zero-order valence-corrected chi connectivity index (χ0v) is 16.7. The van der Waals surface area contributed by atoms with E-state index in [0.717, 1.165) is 19.5 Å². The molecule has 2 saturated heterocycles. The van der Waals surface area contributed by atoms with Gasteiger partial charge in [0.05, 0.1) is 0 Å². The SMILES string of the molecule is CC(C)c1ccc(C23CCN(C(=O)C4CC5(CC(=O)C(=O)N5)C4)CC2C3)cc1. The predicted molar refractivity (Wildman–Crippen MR) is 105 cm³/mol. The summed E-state index contributed by atoms with van der Waals surface area (Å²) >= 11 is 0. The summed E-state index contributed by atoms with van der Waals surface area (Å²) in [5, 5.41) is 2.80. The molecule has 2 aliphatic carbocycles. The molecule has 1 spiro atoms. The second-order valence-corrected chi connectivity index (χ2v) is 9.81. The monoisotopic (exact) mass is 380 g/mol. The molecule has 1 aromatic rings. The Balaban J connectivity index is 1.20. The van der Waals surface area contributed by atoms with Crippen LogP contribution in [0, 0.1) is 11.8 Å². The Kier molecular flexibility index (Phi) is 3.78. The summed E-state index contributed by atoms with van der Waals surface area (Å²) < 4.78 is 0. The molecule has 0 radical (unpaired) electrons. The number of benzene rings is 1. The fourth-order valence-electron chi connectivity index (χ4n) is 5.82. The lowest BCUT2D eigenvalue weighted by Crippen LogP contribution is -2.57. The molecule has 2 unspecified atom stereocenters. The Labute approximate surface area is 165 Å². The summed E-state index contributed by atoms with van der Waals surface area (Å²) in [5.41, 5.74) is 2.66. The number of Topliss-reactive ketones (excluding diaryl/α,β-unsaturated/α-hetero) is 1. The van der Waals surface area contributed by atoms with Gasteiger partial charge in [-0.05, 0) is 48.6 Å². The number of nitrogens with zero attached hydrogens (tertiary/aromatic N) is 1. The normalized spacial score (nSPS) is 36.3. The van der Waals surface area contributed by atoms with Gasteiger partial charge in [0.15, 0.2) is 0 Å². The second-order valence-electron chi connectivity index (χ2n) is 9.81. The van der Waals surface area contributed by atoms with Crippen molar-refractivity contribution in [2.24, 2.45) is 11.8 Å². The molecule has 2 amide bonds. The van der Waals surface area contributed by atoms with Crippen molar-refractivity contribution < 1.29 is 14.4 Å². The summed E-state index contributed by atoms with van der Waals surface area (Å²) in [6.45, 7) is 6.10. The zero-order valence-electron chi connectivity index (χ0n) is 16.7. The smallest absolute Gasteiger partial charge is 0.287 e. The average Bonchev–Trinajstić information content (AvgIpc) is 3.32. The molecule has 0 aromatic heterocycles. The molecule has 148 valence electrons. The Morgan fingerprint density at radius 3 is 2.43 bits per heavy atom. The summed E-state index contributed by atoms with van der Waals surface area (Å²) in [7, 11) is 0. The van der Waals surface area contributed by atoms with Crippen LogP contribution < -0.4 is 5.32 Å². The first kappa shape index (κ1) is 17.9. The van der Waals surface area contributed by atoms with Gasteiger partial charge >= 0.3 is 0 Å². The number of piperidine rings is 1. The summed E-state index contributed by atoms with van der Waals surface area (Å²) in [4.78, 5) is 38.0. The minimum Gasteiger partial charge on any atom is -0.344 e. The van der Waals surface area contributed by atoms with Crippen LogP contribution in [0.2, 0.25) is 0 Å². The highest BCUT2D eigenvalue weighted by Gasteiger charge is 2.60. The van der Waals surface area contributed by atoms with Gasteiger partial charge in [-0.2, -0.15) is 0 Å². The highest BCUT2D eigenvalue weighted by atomic mass is 16.2. The van der Waals surface area contributed by atoms with Crippen molar-refractivity contribution in [1.82, 2.24) is 10.2 Å². The number of hydrogen-bond acceptors (Lipinski definition) is 3. The quantitative estimate of drug-likeness (QED) is 0.820. The summed E-state index contributed by atoms with van der Waals surface area (Å²) in [6.07, 6.45) is 3.71. The first-order chi connectivity index (χ1) is 13.3. The lowest BCUT2D eigenvalue weighted by atomic mass is 9.66. The van der Waals surface area contributed by atoms with Crippen molar-refractivity contribution in [2.45, 2.75) is 62.8 Å². The fraction of sp³-hybridized carbons (Fsp3) is 0.609. The Morgan fingerprint density at radius 1 is 1.14 bits per heavy atom. The molecule has 2 aliphatic heterocycles. The zero-order chi connectivity index (χ0) is 19.7. The third-order valence-electron chi connectivity index (χ3n) is 7.72. The fourth-order valence-corrected chi connectivity index (χ4v) is 5.82. The van der Waals surface area contributed by atoms with Crippen LogP contribution >= 0.6 is 0 Å². The van der Waals surface area contributed by atoms with Crippen LogP contribution in [0.3, 0.4) is 0 Å². The van der Waals surface area contributed by atoms with Crippen molar-refractivity contribution >= 4 is 17.6 Å². The van der Waals surface area contributed by atoms with E-state index in [9.17, 15) is 14.4 Å². The van der Waals surface area contributed by atoms with Crippen LogP contribution in [-0.2, 0) is 19.8 Å². The maximum Gasteiger partial charge on any atom is 0.287 e. The molecule has 1 aromatic carbocycles. The molecule has 2 heterocycles. The first-order valence-corrected chi connectivity index (χ1v) is 10.6. The van der Waals surface area contributed by atoms with Crippen LogP contribution in [-0.4, -0.2) is 41.1 Å². The average molecular weight is 380 g/mol. The molecule has 5 heteroatoms. The molecule has 2 atom stereocenters. The van der Waals surface area contributed by atoms with E-state index < -0.39 is 11.4 Å². The van der Waals surface area contributed by atoms with Crippen LogP contribution in [0.5, 0.6) is 0 Å². The molecule has 4 aliphatic rings. The summed E-state index contributed by atoms with van der Waals surface area (Å²) in [6, 6.07) is 9.10. The largest absolute Gasteiger partial charge is 0.344 e. The van der Waals surface area contributed by atoms with Gasteiger partial charge in [-0.25, -0.2) is 0 Å². The van der Waals surface area contributed by atoms with Crippen LogP contribution in [0.15, 0.2) is 24.3 Å². The third kappa shape index (κ3) is 2.62. The van der Waals surface area contributed by atoms with E-state index in [-0.39, 0.29) is 29.4 Å². The number of carbonyl (C=O) groups excluding carboxylic acids is 3. The van der Waals surface area contributed by atoms with Gasteiger partial charge in [0, 0.05) is 36.4 Å². The number of amides is 2. The molecule has 5 rings (SSSR count). The van der Waals surface area contributed by atoms with Gasteiger partial charge in [-0.1, -0.05) is 38.1 Å². The topological polar surface area (TPSA) is 66.5 Å². The molecule has 28 heavy (non-hydrogen) atoms. The number of carbonyl (C=O) groups is 3. The number of ketones is 1. The van der Waals surface area contributed by atoms with Crippen molar-refractivity contribution in [3.63, 3.8) is 0 Å². The lowest BCUT2D eigenvalue weighted by molar-refractivity contribution is -0.143. The Hall–Kier alpha value is -2.17. The van der Waals surface area contributed by atoms with E-state index in [0.29, 0.717) is 24.7 Å². The molecule has 5 nitrogen and oxygen atoms in total. The van der Waals surface area contributed by atoms with Gasteiger partial charge < -0.3 is 10.2 Å². The van der Waals surface area contributed by atoms with Crippen molar-refractivity contribution in [1.29, 1.82) is 0 Å². The van der Waals surface area contributed by atoms with Gasteiger partial charge in [-0.15, -0.1) is 0 Å². The lowest BCUT2D eigenvalue weighted by Gasteiger charge is -2.46. The number of fused-ring (bicyclic) bond motifs is 1.